The van der Waals surface area contributed by atoms with E-state index < -0.39 is 28.9 Å². The molecule has 0 radical (unpaired) electrons. The zero-order valence-corrected chi connectivity index (χ0v) is 41.6. The number of piperidine rings is 3. The highest BCUT2D eigenvalue weighted by atomic mass is 35.5. The molecule has 19 aliphatic rings. The van der Waals surface area contributed by atoms with Gasteiger partial charge < -0.3 is 37.4 Å². The number of fused-ring (bicyclic) bond motifs is 5. The number of rotatable bonds is 5. The van der Waals surface area contributed by atoms with Crippen LogP contribution in [0.15, 0.2) is 4.99 Å². The van der Waals surface area contributed by atoms with Crippen LogP contribution >= 0.6 is 12.4 Å². The molecule has 4 aliphatic heterocycles. The molecule has 18 atom stereocenters. The van der Waals surface area contributed by atoms with Gasteiger partial charge in [0.15, 0.2) is 0 Å². The standard InChI is InChI=1S/3C18H25N3O2.ClH/c19-15-13-3-11-2-12(11)21(13)16(22)14(20-15)17-4-9-1-10(5-17)7-18(23,6-9)8-17;2*1-20-14-4-12-3-13(12)21(14)16(22)15(19)17-5-10-2-11(6-17)8-18(23,7-10)9-17;/h9-14,23H,1-8H2,(H2,19,20);2*10-15,23H,2-9,19H2;1H/t9?,10?,11-,12-,13-,14+,17?,18?;2*10?,11?,12-,13-,14-,15+,17?,18?;/m000./s1. The first-order valence-corrected chi connectivity index (χ1v) is 27.5. The maximum atomic E-state index is 13.3. The molecule has 380 valence electrons. The second kappa shape index (κ2) is 15.3. The zero-order chi connectivity index (χ0) is 47.5. The average Bonchev–Trinajstić information content (AvgIpc) is 4.24. The number of carbonyl (C=O) groups excluding carboxylic acids is 3. The molecule has 3 amide bonds. The van der Waals surface area contributed by atoms with Gasteiger partial charge in [0.25, 0.3) is 0 Å². The molecular weight excluding hydrogens is 906 g/mol. The highest BCUT2D eigenvalue weighted by molar-refractivity contribution is 5.99. The van der Waals surface area contributed by atoms with Crippen LogP contribution in [0, 0.1) is 82.7 Å². The summed E-state index contributed by atoms with van der Waals surface area (Å²) in [4.78, 5) is 57.4. The van der Waals surface area contributed by atoms with Crippen molar-refractivity contribution >= 4 is 36.0 Å². The van der Waals surface area contributed by atoms with Crippen LogP contribution in [0.2, 0.25) is 0 Å². The molecule has 0 aromatic carbocycles. The van der Waals surface area contributed by atoms with E-state index >= 15 is 0 Å². The molecule has 9 N–H and O–H groups in total. The Labute approximate surface area is 418 Å². The lowest BCUT2D eigenvalue weighted by molar-refractivity contribution is -0.178. The third-order valence-electron chi connectivity index (χ3n) is 22.8. The molecule has 12 bridgehead atoms. The number of carbonyl (C=O) groups is 3. The third kappa shape index (κ3) is 6.99. The van der Waals surface area contributed by atoms with Gasteiger partial charge in [-0.1, -0.05) is 0 Å². The number of aliphatic imine (C=N–C) groups is 1. The quantitative estimate of drug-likeness (QED) is 0.214. The van der Waals surface area contributed by atoms with Crippen LogP contribution in [0.25, 0.3) is 9.69 Å². The lowest BCUT2D eigenvalue weighted by atomic mass is 9.46. The molecule has 4 heterocycles. The second-order valence-electron chi connectivity index (χ2n) is 27.9. The summed E-state index contributed by atoms with van der Waals surface area (Å²) < 4.78 is 0. The Morgan fingerprint density at radius 2 is 0.957 bits per heavy atom. The molecule has 15 saturated carbocycles. The topological polar surface area (TPSA) is 221 Å². The number of nitrogens with two attached hydrogens (primary N) is 3. The molecule has 0 spiro atoms. The normalized spacial score (nSPS) is 54.7. The summed E-state index contributed by atoms with van der Waals surface area (Å²) in [7, 11) is 0. The maximum Gasteiger partial charge on any atom is 0.301 e. The highest BCUT2D eigenvalue weighted by Gasteiger charge is 2.68. The Morgan fingerprint density at radius 1 is 0.571 bits per heavy atom. The van der Waals surface area contributed by atoms with Gasteiger partial charge in [0.1, 0.15) is 11.9 Å². The minimum Gasteiger partial charge on any atom is -0.390 e. The van der Waals surface area contributed by atoms with E-state index in [2.05, 4.69) is 14.6 Å². The number of nitrogens with zero attached hydrogens (tertiary/aromatic N) is 6. The van der Waals surface area contributed by atoms with Gasteiger partial charge >= 0.3 is 12.3 Å². The van der Waals surface area contributed by atoms with Crippen LogP contribution in [0.5, 0.6) is 0 Å². The summed E-state index contributed by atoms with van der Waals surface area (Å²) in [6.45, 7) is 14.8. The Balaban J connectivity index is 0.000000102. The molecule has 18 fully saturated rings. The van der Waals surface area contributed by atoms with Gasteiger partial charge in [0.2, 0.25) is 17.7 Å². The van der Waals surface area contributed by atoms with Crippen molar-refractivity contribution in [2.24, 2.45) is 91.7 Å². The number of aliphatic hydroxyl groups is 3. The van der Waals surface area contributed by atoms with Gasteiger partial charge in [0.05, 0.1) is 34.9 Å². The van der Waals surface area contributed by atoms with Crippen LogP contribution in [-0.4, -0.2) is 125 Å². The summed E-state index contributed by atoms with van der Waals surface area (Å²) in [6, 6.07) is -0.363. The van der Waals surface area contributed by atoms with Crippen molar-refractivity contribution in [1.29, 1.82) is 0 Å². The van der Waals surface area contributed by atoms with Crippen molar-refractivity contribution in [1.82, 2.24) is 14.7 Å². The van der Waals surface area contributed by atoms with Crippen molar-refractivity contribution in [3.05, 3.63) is 22.8 Å². The molecule has 0 aromatic rings. The summed E-state index contributed by atoms with van der Waals surface area (Å²) in [6.07, 6.45) is 22.6. The van der Waals surface area contributed by atoms with E-state index in [1.807, 2.05) is 9.80 Å². The summed E-state index contributed by atoms with van der Waals surface area (Å²) in [5.74, 6) is 5.90. The van der Waals surface area contributed by atoms with Crippen LogP contribution < -0.4 is 17.2 Å². The number of amides is 3. The SMILES string of the molecule is Cl.NC1=N[C@@H](C23CC4CC(CC(O)(C4)C2)C3)C(=O)N2[C@H]1C[C@@H]1C[C@@H]12.[C-]#[N+][C@@H]1C[C@@H]2C[C@@H]2N1C(=O)[C@@H](N)C12CC3CC(CC(O)(C3)C1)C2.[C-]#[N+][C@@H]1C[C@@H]2C[C@@H]2N1C(=O)[C@@H](N)C12CC3CC(CC(O)(C3)C1)C2. The summed E-state index contributed by atoms with van der Waals surface area (Å²) >= 11 is 0. The Bertz CT molecular complexity index is 2240. The number of hydrogen-bond acceptors (Lipinski definition) is 10. The minimum absolute atomic E-state index is 0. The molecule has 3 saturated heterocycles. The number of hydrogen-bond donors (Lipinski definition) is 6. The smallest absolute Gasteiger partial charge is 0.301 e. The Kier molecular flexibility index (Phi) is 10.2. The number of likely N-dealkylation sites (tertiary alicyclic amines) is 2. The van der Waals surface area contributed by atoms with Crippen LogP contribution in [-0.2, 0) is 14.4 Å². The molecule has 15 aliphatic carbocycles. The first-order chi connectivity index (χ1) is 32.8. The first kappa shape index (κ1) is 46.7. The fraction of sp³-hybridized carbons (Fsp3) is 0.889. The van der Waals surface area contributed by atoms with Crippen LogP contribution in [0.1, 0.15) is 154 Å². The van der Waals surface area contributed by atoms with Crippen molar-refractivity contribution in [2.75, 3.05) is 0 Å². The van der Waals surface area contributed by atoms with Gasteiger partial charge in [-0.3, -0.25) is 38.9 Å². The molecule has 19 rings (SSSR count). The van der Waals surface area contributed by atoms with E-state index in [-0.39, 0.29) is 82.9 Å². The van der Waals surface area contributed by atoms with Crippen molar-refractivity contribution < 1.29 is 29.7 Å². The fourth-order valence-electron chi connectivity index (χ4n) is 21.3. The second-order valence-corrected chi connectivity index (χ2v) is 27.9. The fourth-order valence-corrected chi connectivity index (χ4v) is 21.3. The van der Waals surface area contributed by atoms with Gasteiger partial charge in [-0.15, -0.1) is 12.4 Å². The maximum absolute atomic E-state index is 13.3. The Morgan fingerprint density at radius 3 is 1.36 bits per heavy atom. The number of halogens is 1. The molecule has 6 unspecified atom stereocenters. The summed E-state index contributed by atoms with van der Waals surface area (Å²) in [5.41, 5.74) is 17.1. The third-order valence-corrected chi connectivity index (χ3v) is 22.8. The van der Waals surface area contributed by atoms with Crippen LogP contribution in [0.3, 0.4) is 0 Å². The van der Waals surface area contributed by atoms with E-state index in [1.165, 1.54) is 19.3 Å². The average molecular weight is 983 g/mol. The van der Waals surface area contributed by atoms with Gasteiger partial charge in [-0.2, -0.15) is 0 Å². The van der Waals surface area contributed by atoms with Gasteiger partial charge in [-0.05, 0) is 205 Å². The monoisotopic (exact) mass is 982 g/mol. The summed E-state index contributed by atoms with van der Waals surface area (Å²) in [5, 5.41) is 32.8. The van der Waals surface area contributed by atoms with Gasteiger partial charge in [-0.25, -0.2) is 13.1 Å². The minimum atomic E-state index is -0.589. The molecule has 16 heteroatoms. The van der Waals surface area contributed by atoms with Crippen molar-refractivity contribution in [3.63, 3.8) is 0 Å². The molecule has 15 nitrogen and oxygen atoms in total. The van der Waals surface area contributed by atoms with E-state index in [4.69, 9.17) is 35.3 Å². The van der Waals surface area contributed by atoms with Crippen molar-refractivity contribution in [2.45, 2.75) is 226 Å². The first-order valence-electron chi connectivity index (χ1n) is 27.5. The molecule has 70 heavy (non-hydrogen) atoms. The molecular formula is C54H76ClN9O6. The predicted molar refractivity (Wildman–Crippen MR) is 259 cm³/mol. The van der Waals surface area contributed by atoms with Gasteiger partial charge in [0, 0.05) is 36.4 Å². The largest absolute Gasteiger partial charge is 0.390 e. The lowest BCUT2D eigenvalue weighted by Gasteiger charge is -2.62. The van der Waals surface area contributed by atoms with E-state index in [9.17, 15) is 29.7 Å². The Hall–Kier alpha value is -3.05. The predicted octanol–water partition coefficient (Wildman–Crippen LogP) is 4.49. The van der Waals surface area contributed by atoms with E-state index in [0.717, 1.165) is 122 Å². The number of amidine groups is 1. The van der Waals surface area contributed by atoms with E-state index in [0.29, 0.717) is 78.0 Å². The van der Waals surface area contributed by atoms with E-state index in [1.54, 1.807) is 0 Å². The van der Waals surface area contributed by atoms with Crippen LogP contribution in [0.4, 0.5) is 0 Å². The molecule has 0 aromatic heterocycles. The highest BCUT2D eigenvalue weighted by Crippen LogP contribution is 2.67. The lowest BCUT2D eigenvalue weighted by Crippen LogP contribution is -2.64. The zero-order valence-electron chi connectivity index (χ0n) is 40.8. The van der Waals surface area contributed by atoms with Crippen molar-refractivity contribution in [3.8, 4) is 0 Å².